The summed E-state index contributed by atoms with van der Waals surface area (Å²) in [6.45, 7) is 1.71. The second-order valence-electron chi connectivity index (χ2n) is 4.57. The van der Waals surface area contributed by atoms with Crippen LogP contribution in [-0.2, 0) is 4.79 Å². The lowest BCUT2D eigenvalue weighted by molar-refractivity contribution is -0.137. The summed E-state index contributed by atoms with van der Waals surface area (Å²) in [6, 6.07) is 0.209. The molecule has 2 saturated heterocycles. The Labute approximate surface area is 108 Å². The van der Waals surface area contributed by atoms with Gasteiger partial charge in [0.05, 0.1) is 0 Å². The van der Waals surface area contributed by atoms with Gasteiger partial charge in [0, 0.05) is 25.0 Å². The molecule has 0 aromatic rings. The molecule has 2 aliphatic heterocycles. The Morgan fingerprint density at radius 3 is 2.56 bits per heavy atom. The third-order valence-corrected chi connectivity index (χ3v) is 4.39. The lowest BCUT2D eigenvalue weighted by atomic mass is 9.98. The minimum atomic E-state index is 0. The number of carbonyl (C=O) groups excluding carboxylic acids is 1. The van der Waals surface area contributed by atoms with Gasteiger partial charge in [-0.25, -0.2) is 0 Å². The second-order valence-corrected chi connectivity index (χ2v) is 5.80. The van der Waals surface area contributed by atoms with Crippen molar-refractivity contribution in [1.82, 2.24) is 4.90 Å². The van der Waals surface area contributed by atoms with Crippen molar-refractivity contribution < 1.29 is 4.79 Å². The van der Waals surface area contributed by atoms with Gasteiger partial charge in [-0.1, -0.05) is 0 Å². The van der Waals surface area contributed by atoms with E-state index in [0.717, 1.165) is 50.3 Å². The Bertz CT molecular complexity index is 234. The molecule has 0 aliphatic carbocycles. The molecule has 0 saturated carbocycles. The molecule has 0 spiro atoms. The van der Waals surface area contributed by atoms with Crippen LogP contribution in [-0.4, -0.2) is 41.4 Å². The fourth-order valence-corrected chi connectivity index (χ4v) is 3.52. The number of hydrogen-bond donors (Lipinski definition) is 1. The van der Waals surface area contributed by atoms with E-state index in [1.807, 2.05) is 16.7 Å². The number of halogens is 1. The highest BCUT2D eigenvalue weighted by atomic mass is 35.5. The van der Waals surface area contributed by atoms with E-state index in [0.29, 0.717) is 5.91 Å². The molecule has 2 fully saturated rings. The van der Waals surface area contributed by atoms with Gasteiger partial charge in [-0.15, -0.1) is 12.4 Å². The topological polar surface area (TPSA) is 46.3 Å². The minimum absolute atomic E-state index is 0. The predicted molar refractivity (Wildman–Crippen MR) is 71.1 cm³/mol. The van der Waals surface area contributed by atoms with Crippen LogP contribution in [0.1, 0.15) is 25.7 Å². The maximum Gasteiger partial charge on any atom is 0.225 e. The summed E-state index contributed by atoms with van der Waals surface area (Å²) in [7, 11) is 0. The maximum absolute atomic E-state index is 12.2. The molecule has 2 heterocycles. The van der Waals surface area contributed by atoms with Crippen LogP contribution in [0, 0.1) is 5.92 Å². The largest absolute Gasteiger partial charge is 0.341 e. The molecule has 0 unspecified atom stereocenters. The first-order valence-corrected chi connectivity index (χ1v) is 7.05. The van der Waals surface area contributed by atoms with Gasteiger partial charge in [-0.05, 0) is 37.2 Å². The van der Waals surface area contributed by atoms with Crippen molar-refractivity contribution in [3.05, 3.63) is 0 Å². The van der Waals surface area contributed by atoms with Gasteiger partial charge in [0.15, 0.2) is 0 Å². The molecule has 0 aromatic heterocycles. The van der Waals surface area contributed by atoms with Crippen molar-refractivity contribution in [2.75, 3.05) is 24.6 Å². The summed E-state index contributed by atoms with van der Waals surface area (Å²) in [5, 5.41) is 0. The molecule has 2 N–H and O–H groups in total. The molecule has 5 heteroatoms. The van der Waals surface area contributed by atoms with Crippen LogP contribution in [0.3, 0.4) is 0 Å². The number of likely N-dealkylation sites (tertiary alicyclic amines) is 1. The lowest BCUT2D eigenvalue weighted by Crippen LogP contribution is -2.48. The molecular formula is C11H21ClN2OS. The Balaban J connectivity index is 0.00000128. The standard InChI is InChI=1S/C11H20N2OS.ClH/c12-10-2-1-5-13(8-10)11(14)9-3-6-15-7-4-9;/h9-10H,1-8,12H2;1H/t10-;/m1./s1. The number of nitrogens with zero attached hydrogens (tertiary/aromatic N) is 1. The number of piperidine rings is 1. The first kappa shape index (κ1) is 14.1. The van der Waals surface area contributed by atoms with E-state index in [9.17, 15) is 4.79 Å². The molecule has 0 bridgehead atoms. The van der Waals surface area contributed by atoms with E-state index in [4.69, 9.17) is 5.73 Å². The number of nitrogens with two attached hydrogens (primary N) is 1. The zero-order valence-electron chi connectivity index (χ0n) is 9.56. The monoisotopic (exact) mass is 264 g/mol. The highest BCUT2D eigenvalue weighted by molar-refractivity contribution is 7.99. The highest BCUT2D eigenvalue weighted by Gasteiger charge is 2.28. The van der Waals surface area contributed by atoms with Crippen molar-refractivity contribution in [2.45, 2.75) is 31.7 Å². The van der Waals surface area contributed by atoms with E-state index in [1.165, 1.54) is 0 Å². The van der Waals surface area contributed by atoms with Crippen molar-refractivity contribution in [3.63, 3.8) is 0 Å². The van der Waals surface area contributed by atoms with E-state index in [2.05, 4.69) is 0 Å². The molecule has 3 nitrogen and oxygen atoms in total. The van der Waals surface area contributed by atoms with Gasteiger partial charge in [0.25, 0.3) is 0 Å². The third kappa shape index (κ3) is 3.54. The van der Waals surface area contributed by atoms with Crippen LogP contribution in [0.4, 0.5) is 0 Å². The second kappa shape index (κ2) is 6.72. The smallest absolute Gasteiger partial charge is 0.225 e. The zero-order chi connectivity index (χ0) is 10.7. The fourth-order valence-electron chi connectivity index (χ4n) is 2.41. The minimum Gasteiger partial charge on any atom is -0.341 e. The van der Waals surface area contributed by atoms with Gasteiger partial charge in [0.2, 0.25) is 5.91 Å². The molecule has 1 atom stereocenters. The molecule has 2 aliphatic rings. The number of amides is 1. The average molecular weight is 265 g/mol. The highest BCUT2D eigenvalue weighted by Crippen LogP contribution is 2.25. The van der Waals surface area contributed by atoms with Crippen molar-refractivity contribution in [2.24, 2.45) is 11.7 Å². The third-order valence-electron chi connectivity index (χ3n) is 3.34. The van der Waals surface area contributed by atoms with E-state index >= 15 is 0 Å². The van der Waals surface area contributed by atoms with Crippen LogP contribution in [0.5, 0.6) is 0 Å². The van der Waals surface area contributed by atoms with Crippen LogP contribution in [0.25, 0.3) is 0 Å². The molecule has 0 aromatic carbocycles. The summed E-state index contributed by atoms with van der Waals surface area (Å²) in [5.41, 5.74) is 5.89. The van der Waals surface area contributed by atoms with Gasteiger partial charge in [-0.2, -0.15) is 11.8 Å². The van der Waals surface area contributed by atoms with Crippen molar-refractivity contribution >= 4 is 30.1 Å². The Hall–Kier alpha value is 0.0700. The van der Waals surface area contributed by atoms with Gasteiger partial charge < -0.3 is 10.6 Å². The van der Waals surface area contributed by atoms with Crippen molar-refractivity contribution in [3.8, 4) is 0 Å². The molecular weight excluding hydrogens is 244 g/mol. The molecule has 94 valence electrons. The van der Waals surface area contributed by atoms with Crippen LogP contribution >= 0.6 is 24.2 Å². The van der Waals surface area contributed by atoms with Gasteiger partial charge in [-0.3, -0.25) is 4.79 Å². The summed E-state index contributed by atoms with van der Waals surface area (Å²) < 4.78 is 0. The first-order chi connectivity index (χ1) is 7.27. The van der Waals surface area contributed by atoms with E-state index in [-0.39, 0.29) is 24.4 Å². The first-order valence-electron chi connectivity index (χ1n) is 5.89. The quantitative estimate of drug-likeness (QED) is 0.781. The van der Waals surface area contributed by atoms with E-state index < -0.39 is 0 Å². The number of rotatable bonds is 1. The fraction of sp³-hybridized carbons (Fsp3) is 0.909. The summed E-state index contributed by atoms with van der Waals surface area (Å²) >= 11 is 1.97. The van der Waals surface area contributed by atoms with Gasteiger partial charge in [0.1, 0.15) is 0 Å². The molecule has 1 amide bonds. The maximum atomic E-state index is 12.2. The SMILES string of the molecule is Cl.N[C@@H]1CCCN(C(=O)C2CCSCC2)C1. The normalized spacial score (nSPS) is 27.3. The van der Waals surface area contributed by atoms with Crippen LogP contribution in [0.15, 0.2) is 0 Å². The van der Waals surface area contributed by atoms with Crippen LogP contribution in [0.2, 0.25) is 0 Å². The average Bonchev–Trinajstić information content (AvgIpc) is 2.29. The summed E-state index contributed by atoms with van der Waals surface area (Å²) in [5.74, 6) is 2.95. The van der Waals surface area contributed by atoms with Gasteiger partial charge >= 0.3 is 0 Å². The molecule has 2 rings (SSSR count). The molecule has 16 heavy (non-hydrogen) atoms. The summed E-state index contributed by atoms with van der Waals surface area (Å²) in [6.07, 6.45) is 4.28. The van der Waals surface area contributed by atoms with Crippen molar-refractivity contribution in [1.29, 1.82) is 0 Å². The predicted octanol–water partition coefficient (Wildman–Crippen LogP) is 1.50. The Morgan fingerprint density at radius 1 is 1.25 bits per heavy atom. The van der Waals surface area contributed by atoms with Crippen LogP contribution < -0.4 is 5.73 Å². The Morgan fingerprint density at radius 2 is 1.94 bits per heavy atom. The summed E-state index contributed by atoms with van der Waals surface area (Å²) in [4.78, 5) is 14.2. The Kier molecular flexibility index (Phi) is 5.94. The lowest BCUT2D eigenvalue weighted by Gasteiger charge is -2.34. The number of carbonyl (C=O) groups is 1. The van der Waals surface area contributed by atoms with E-state index in [1.54, 1.807) is 0 Å². The number of hydrogen-bond acceptors (Lipinski definition) is 3. The zero-order valence-corrected chi connectivity index (χ0v) is 11.2. The molecule has 0 radical (unpaired) electrons. The number of thioether (sulfide) groups is 1.